The minimum Gasteiger partial charge on any atom is -0.465 e. The fourth-order valence-corrected chi connectivity index (χ4v) is 5.72. The van der Waals surface area contributed by atoms with Gasteiger partial charge < -0.3 is 15.2 Å². The van der Waals surface area contributed by atoms with E-state index in [9.17, 15) is 18.0 Å². The summed E-state index contributed by atoms with van der Waals surface area (Å²) in [5.74, 6) is 0.247. The van der Waals surface area contributed by atoms with Gasteiger partial charge in [0.15, 0.2) is 0 Å². The van der Waals surface area contributed by atoms with Crippen LogP contribution in [0.5, 0.6) is 0 Å². The highest BCUT2D eigenvalue weighted by molar-refractivity contribution is 7.90. The van der Waals surface area contributed by atoms with Gasteiger partial charge in [-0.15, -0.1) is 11.3 Å². The summed E-state index contributed by atoms with van der Waals surface area (Å²) in [4.78, 5) is 28.3. The van der Waals surface area contributed by atoms with Crippen LogP contribution in [0.4, 0.5) is 9.59 Å². The fraction of sp³-hybridized carbons (Fsp3) is 0.565. The van der Waals surface area contributed by atoms with Crippen LogP contribution in [0.3, 0.4) is 0 Å². The molecule has 1 aromatic heterocycles. The van der Waals surface area contributed by atoms with Crippen LogP contribution in [0, 0.1) is 0 Å². The summed E-state index contributed by atoms with van der Waals surface area (Å²) in [7, 11) is -3.74. The Bertz CT molecular complexity index is 1140. The summed E-state index contributed by atoms with van der Waals surface area (Å²) in [6.45, 7) is 6.73. The Morgan fingerprint density at radius 2 is 1.86 bits per heavy atom. The van der Waals surface area contributed by atoms with Crippen molar-refractivity contribution in [1.82, 2.24) is 15.6 Å². The molecule has 0 spiro atoms. The minimum atomic E-state index is -3.74. The van der Waals surface area contributed by atoms with Gasteiger partial charge >= 0.3 is 12.2 Å². The van der Waals surface area contributed by atoms with Gasteiger partial charge in [-0.3, -0.25) is 5.32 Å². The van der Waals surface area contributed by atoms with E-state index in [0.29, 0.717) is 11.3 Å². The van der Waals surface area contributed by atoms with Gasteiger partial charge in [-0.2, -0.15) is 4.40 Å². The van der Waals surface area contributed by atoms with Crippen molar-refractivity contribution in [2.75, 3.05) is 0 Å². The summed E-state index contributed by atoms with van der Waals surface area (Å²) in [6.07, 6.45) is 6.69. The number of hydrogen-bond donors (Lipinski definition) is 3. The fourth-order valence-electron chi connectivity index (χ4n) is 3.90. The molecule has 0 aromatic carbocycles. The Labute approximate surface area is 209 Å². The van der Waals surface area contributed by atoms with Crippen molar-refractivity contribution in [2.45, 2.75) is 83.1 Å². The molecule has 0 radical (unpaired) electrons. The number of hydrogen-bond acceptors (Lipinski definition) is 7. The Kier molecular flexibility index (Phi) is 8.70. The van der Waals surface area contributed by atoms with Crippen molar-refractivity contribution in [3.8, 4) is 0 Å². The lowest BCUT2D eigenvalue weighted by Crippen LogP contribution is -2.38. The first kappa shape index (κ1) is 26.9. The third-order valence-electron chi connectivity index (χ3n) is 5.75. The third kappa shape index (κ3) is 7.38. The van der Waals surface area contributed by atoms with Crippen molar-refractivity contribution < 1.29 is 27.9 Å². The van der Waals surface area contributed by atoms with Gasteiger partial charge in [-0.05, 0) is 65.5 Å². The van der Waals surface area contributed by atoms with E-state index in [1.54, 1.807) is 32.2 Å². The van der Waals surface area contributed by atoms with E-state index in [-0.39, 0.29) is 30.2 Å². The molecule has 3 rings (SSSR count). The van der Waals surface area contributed by atoms with Crippen LogP contribution >= 0.6 is 11.3 Å². The lowest BCUT2D eigenvalue weighted by molar-refractivity contribution is 0.109. The number of thiazole rings is 1. The molecule has 3 N–H and O–H groups in total. The standard InChI is InChI=1S/C23H32N4O6S2/c1-13(2)33-23(30)26-16-7-5-15(6-8-16)21-24-12-20(34-21)18-10-9-17(25-22(28)29)11-19(18)27-35(31,32)14(3)4/h9-10,12-16,25H,5-8,11H2,1-4H3,(H,26,30)(H,28,29). The molecule has 2 aliphatic carbocycles. The van der Waals surface area contributed by atoms with Gasteiger partial charge in [0, 0.05) is 35.8 Å². The topological polar surface area (TPSA) is 147 Å². The first-order valence-electron chi connectivity index (χ1n) is 11.6. The lowest BCUT2D eigenvalue weighted by atomic mass is 9.86. The van der Waals surface area contributed by atoms with Crippen molar-refractivity contribution in [2.24, 2.45) is 4.40 Å². The van der Waals surface area contributed by atoms with Gasteiger partial charge in [0.05, 0.1) is 27.0 Å². The van der Waals surface area contributed by atoms with Crippen LogP contribution in [0.2, 0.25) is 0 Å². The molecule has 1 aromatic rings. The number of carbonyl (C=O) groups excluding carboxylic acids is 1. The number of alkyl carbamates (subject to hydrolysis) is 1. The van der Waals surface area contributed by atoms with E-state index in [0.717, 1.165) is 35.6 Å². The van der Waals surface area contributed by atoms with E-state index in [4.69, 9.17) is 9.84 Å². The highest BCUT2D eigenvalue weighted by atomic mass is 32.2. The summed E-state index contributed by atoms with van der Waals surface area (Å²) in [5, 5.41) is 14.5. The Morgan fingerprint density at radius 3 is 2.46 bits per heavy atom. The molecule has 1 heterocycles. The van der Waals surface area contributed by atoms with Gasteiger partial charge in [0.2, 0.25) is 0 Å². The maximum Gasteiger partial charge on any atom is 0.408 e. The quantitative estimate of drug-likeness (QED) is 0.478. The predicted molar refractivity (Wildman–Crippen MR) is 135 cm³/mol. The zero-order valence-electron chi connectivity index (χ0n) is 20.3. The van der Waals surface area contributed by atoms with Crippen LogP contribution in [0.15, 0.2) is 28.4 Å². The van der Waals surface area contributed by atoms with E-state index in [1.807, 2.05) is 13.8 Å². The number of allylic oxidation sites excluding steroid dienone is 4. The number of nitrogens with zero attached hydrogens (tertiary/aromatic N) is 2. The minimum absolute atomic E-state index is 0.0561. The highest BCUT2D eigenvalue weighted by Crippen LogP contribution is 2.38. The molecule has 2 amide bonds. The maximum absolute atomic E-state index is 12.5. The van der Waals surface area contributed by atoms with Crippen molar-refractivity contribution >= 4 is 44.8 Å². The summed E-state index contributed by atoms with van der Waals surface area (Å²) in [6, 6.07) is 0.0725. The second-order valence-corrected chi connectivity index (χ2v) is 12.4. The molecule has 0 saturated heterocycles. The number of aromatic nitrogens is 1. The SMILES string of the molecule is CC(C)OC(=O)NC1CCC(c2ncc(C3=CC=C(NC(=O)O)CC3=NS(=O)(=O)C(C)C)s2)CC1. The van der Waals surface area contributed by atoms with Gasteiger partial charge in [-0.1, -0.05) is 0 Å². The molecule has 0 bridgehead atoms. The van der Waals surface area contributed by atoms with Crippen LogP contribution in [0.25, 0.3) is 5.57 Å². The van der Waals surface area contributed by atoms with Crippen molar-refractivity contribution in [3.63, 3.8) is 0 Å². The average molecular weight is 525 g/mol. The summed E-state index contributed by atoms with van der Waals surface area (Å²) in [5.41, 5.74) is 1.27. The molecule has 0 atom stereocenters. The van der Waals surface area contributed by atoms with Gasteiger partial charge in [0.1, 0.15) is 0 Å². The number of ether oxygens (including phenoxy) is 1. The molecule has 1 fully saturated rings. The molecule has 2 aliphatic rings. The number of amides is 2. The number of rotatable bonds is 7. The van der Waals surface area contributed by atoms with Crippen molar-refractivity contribution in [3.05, 3.63) is 33.9 Å². The molecule has 1 saturated carbocycles. The Morgan fingerprint density at radius 1 is 1.17 bits per heavy atom. The molecule has 12 heteroatoms. The first-order valence-corrected chi connectivity index (χ1v) is 13.9. The molecular formula is C23H32N4O6S2. The molecule has 10 nitrogen and oxygen atoms in total. The lowest BCUT2D eigenvalue weighted by Gasteiger charge is -2.28. The molecule has 192 valence electrons. The molecular weight excluding hydrogens is 492 g/mol. The van der Waals surface area contributed by atoms with E-state index in [2.05, 4.69) is 20.0 Å². The third-order valence-corrected chi connectivity index (χ3v) is 8.61. The largest absolute Gasteiger partial charge is 0.465 e. The van der Waals surface area contributed by atoms with Gasteiger partial charge in [-0.25, -0.2) is 23.0 Å². The molecule has 0 unspecified atom stereocenters. The maximum atomic E-state index is 12.5. The number of carbonyl (C=O) groups is 2. The van der Waals surface area contributed by atoms with E-state index in [1.165, 1.54) is 11.3 Å². The van der Waals surface area contributed by atoms with Crippen LogP contribution in [-0.2, 0) is 14.8 Å². The zero-order valence-corrected chi connectivity index (χ0v) is 21.9. The van der Waals surface area contributed by atoms with Gasteiger partial charge in [0.25, 0.3) is 10.0 Å². The van der Waals surface area contributed by atoms with Crippen LogP contribution in [-0.4, -0.2) is 53.8 Å². The molecule has 35 heavy (non-hydrogen) atoms. The highest BCUT2D eigenvalue weighted by Gasteiger charge is 2.28. The number of sulfonamides is 1. The summed E-state index contributed by atoms with van der Waals surface area (Å²) >= 11 is 1.49. The Balaban J connectivity index is 1.76. The van der Waals surface area contributed by atoms with E-state index >= 15 is 0 Å². The van der Waals surface area contributed by atoms with Crippen LogP contribution < -0.4 is 10.6 Å². The monoisotopic (exact) mass is 524 g/mol. The normalized spacial score (nSPS) is 22.1. The second kappa shape index (κ2) is 11.3. The molecule has 0 aliphatic heterocycles. The second-order valence-electron chi connectivity index (χ2n) is 9.19. The van der Waals surface area contributed by atoms with Crippen LogP contribution in [0.1, 0.15) is 75.6 Å². The zero-order chi connectivity index (χ0) is 25.8. The Hall–Kier alpha value is -2.73. The average Bonchev–Trinajstić information content (AvgIpc) is 3.23. The summed E-state index contributed by atoms with van der Waals surface area (Å²) < 4.78 is 34.2. The van der Waals surface area contributed by atoms with Crippen molar-refractivity contribution in [1.29, 1.82) is 0 Å². The predicted octanol–water partition coefficient (Wildman–Crippen LogP) is 4.42. The number of carboxylic acid groups (broad SMARTS) is 1. The van der Waals surface area contributed by atoms with E-state index < -0.39 is 27.5 Å². The number of nitrogens with one attached hydrogen (secondary N) is 2. The first-order chi connectivity index (χ1) is 16.4. The smallest absolute Gasteiger partial charge is 0.408 e.